The number of amides is 3. The lowest BCUT2D eigenvalue weighted by molar-refractivity contribution is -0.143. The molecule has 0 aliphatic carbocycles. The van der Waals surface area contributed by atoms with Crippen LogP contribution in [0.2, 0.25) is 0 Å². The summed E-state index contributed by atoms with van der Waals surface area (Å²) in [5.74, 6) is -1.14. The van der Waals surface area contributed by atoms with Gasteiger partial charge >= 0.3 is 0 Å². The van der Waals surface area contributed by atoms with Crippen LogP contribution < -0.4 is 10.6 Å². The predicted molar refractivity (Wildman–Crippen MR) is 130 cm³/mol. The number of benzene rings is 1. The van der Waals surface area contributed by atoms with Crippen LogP contribution in [0.25, 0.3) is 0 Å². The zero-order valence-corrected chi connectivity index (χ0v) is 20.4. The Morgan fingerprint density at radius 2 is 1.89 bits per heavy atom. The van der Waals surface area contributed by atoms with Crippen LogP contribution in [-0.4, -0.2) is 52.4 Å². The number of nitrogens with zero attached hydrogens (tertiary/aromatic N) is 2. The van der Waals surface area contributed by atoms with Crippen LogP contribution in [0.5, 0.6) is 0 Å². The Labute approximate surface area is 205 Å². The lowest BCUT2D eigenvalue weighted by Gasteiger charge is -2.35. The van der Waals surface area contributed by atoms with E-state index in [4.69, 9.17) is 4.74 Å². The van der Waals surface area contributed by atoms with Crippen molar-refractivity contribution in [2.24, 2.45) is 0 Å². The van der Waals surface area contributed by atoms with E-state index in [9.17, 15) is 18.8 Å². The Balaban J connectivity index is 1.82. The zero-order chi connectivity index (χ0) is 25.4. The minimum atomic E-state index is -0.995. The second-order valence-electron chi connectivity index (χ2n) is 9.64. The fourth-order valence-corrected chi connectivity index (χ4v) is 3.92. The van der Waals surface area contributed by atoms with E-state index in [-0.39, 0.29) is 43.2 Å². The van der Waals surface area contributed by atoms with Gasteiger partial charge in [-0.2, -0.15) is 0 Å². The van der Waals surface area contributed by atoms with E-state index in [2.05, 4.69) is 15.6 Å². The molecule has 2 atom stereocenters. The van der Waals surface area contributed by atoms with Gasteiger partial charge in [-0.05, 0) is 63.4 Å². The standard InChI is InChI=1S/C26H33FN4O4/c1-26(2,3)30-25(34)24(18-9-11-19(27)12-10-18)31(17-20-7-6-16-35-20)23(33)14-13-22(32)29-21-8-4-5-15-28-21/h4-5,8-12,15,20,24H,6-7,13-14,16-17H2,1-3H3,(H,30,34)(H,28,29,32)/t20-,24-/m1/s1. The molecule has 8 nitrogen and oxygen atoms in total. The molecule has 3 rings (SSSR count). The van der Waals surface area contributed by atoms with Gasteiger partial charge in [0.2, 0.25) is 17.7 Å². The zero-order valence-electron chi connectivity index (χ0n) is 20.4. The summed E-state index contributed by atoms with van der Waals surface area (Å²) in [5, 5.41) is 5.60. The van der Waals surface area contributed by atoms with Gasteiger partial charge in [0.05, 0.1) is 6.10 Å². The van der Waals surface area contributed by atoms with E-state index < -0.39 is 17.4 Å². The van der Waals surface area contributed by atoms with Gasteiger partial charge in [0.25, 0.3) is 0 Å². The molecule has 9 heteroatoms. The average molecular weight is 485 g/mol. The topological polar surface area (TPSA) is 101 Å². The Hall–Kier alpha value is -3.33. The fraction of sp³-hybridized carbons (Fsp3) is 0.462. The first-order chi connectivity index (χ1) is 16.6. The molecule has 2 heterocycles. The molecular formula is C26H33FN4O4. The molecule has 2 aromatic rings. The maximum atomic E-state index is 13.6. The largest absolute Gasteiger partial charge is 0.376 e. The van der Waals surface area contributed by atoms with Crippen molar-refractivity contribution in [1.29, 1.82) is 0 Å². The Bertz CT molecular complexity index is 1000. The minimum absolute atomic E-state index is 0.0749. The van der Waals surface area contributed by atoms with Gasteiger partial charge in [0, 0.05) is 37.7 Å². The van der Waals surface area contributed by atoms with Gasteiger partial charge in [-0.15, -0.1) is 0 Å². The number of hydrogen-bond acceptors (Lipinski definition) is 5. The molecule has 1 aliphatic rings. The molecule has 35 heavy (non-hydrogen) atoms. The van der Waals surface area contributed by atoms with Crippen molar-refractivity contribution in [3.05, 3.63) is 60.0 Å². The molecule has 0 unspecified atom stereocenters. The minimum Gasteiger partial charge on any atom is -0.376 e. The molecular weight excluding hydrogens is 451 g/mol. The van der Waals surface area contributed by atoms with Crippen LogP contribution in [0.15, 0.2) is 48.7 Å². The number of nitrogens with one attached hydrogen (secondary N) is 2. The van der Waals surface area contributed by atoms with Gasteiger partial charge in [-0.25, -0.2) is 9.37 Å². The van der Waals surface area contributed by atoms with E-state index >= 15 is 0 Å². The molecule has 3 amide bonds. The molecule has 1 aliphatic heterocycles. The second kappa shape index (κ2) is 11.9. The Kier molecular flexibility index (Phi) is 8.92. The van der Waals surface area contributed by atoms with Crippen molar-refractivity contribution in [3.8, 4) is 0 Å². The van der Waals surface area contributed by atoms with Crippen molar-refractivity contribution in [2.75, 3.05) is 18.5 Å². The fourth-order valence-electron chi connectivity index (χ4n) is 3.92. The maximum Gasteiger partial charge on any atom is 0.247 e. The van der Waals surface area contributed by atoms with Crippen molar-refractivity contribution in [2.45, 2.75) is 64.1 Å². The summed E-state index contributed by atoms with van der Waals surface area (Å²) < 4.78 is 19.4. The van der Waals surface area contributed by atoms with Crippen molar-refractivity contribution in [1.82, 2.24) is 15.2 Å². The highest BCUT2D eigenvalue weighted by Crippen LogP contribution is 2.26. The second-order valence-corrected chi connectivity index (χ2v) is 9.64. The number of rotatable bonds is 9. The van der Waals surface area contributed by atoms with Crippen molar-refractivity contribution >= 4 is 23.5 Å². The van der Waals surface area contributed by atoms with Crippen LogP contribution in [-0.2, 0) is 19.1 Å². The van der Waals surface area contributed by atoms with E-state index in [1.165, 1.54) is 29.2 Å². The molecule has 2 N–H and O–H groups in total. The molecule has 1 saturated heterocycles. The number of pyridine rings is 1. The Morgan fingerprint density at radius 3 is 2.49 bits per heavy atom. The summed E-state index contributed by atoms with van der Waals surface area (Å²) in [6.45, 7) is 6.33. The monoisotopic (exact) mass is 484 g/mol. The number of carbonyl (C=O) groups is 3. The third-order valence-corrected chi connectivity index (χ3v) is 5.49. The van der Waals surface area contributed by atoms with Gasteiger partial charge in [0.1, 0.15) is 17.7 Å². The van der Waals surface area contributed by atoms with Crippen molar-refractivity contribution in [3.63, 3.8) is 0 Å². The van der Waals surface area contributed by atoms with Crippen LogP contribution in [0.1, 0.15) is 58.1 Å². The van der Waals surface area contributed by atoms with E-state index in [1.54, 1.807) is 24.4 Å². The number of aromatic nitrogens is 1. The summed E-state index contributed by atoms with van der Waals surface area (Å²) >= 11 is 0. The van der Waals surface area contributed by atoms with Gasteiger partial charge < -0.3 is 20.3 Å². The third-order valence-electron chi connectivity index (χ3n) is 5.49. The summed E-state index contributed by atoms with van der Waals surface area (Å²) in [6.07, 6.45) is 2.80. The smallest absolute Gasteiger partial charge is 0.247 e. The highest BCUT2D eigenvalue weighted by atomic mass is 19.1. The normalized spacial score (nSPS) is 16.4. The highest BCUT2D eigenvalue weighted by Gasteiger charge is 2.35. The van der Waals surface area contributed by atoms with Gasteiger partial charge in [-0.3, -0.25) is 14.4 Å². The highest BCUT2D eigenvalue weighted by molar-refractivity contribution is 5.94. The average Bonchev–Trinajstić information content (AvgIpc) is 3.31. The molecule has 1 fully saturated rings. The molecule has 0 radical (unpaired) electrons. The van der Waals surface area contributed by atoms with Gasteiger partial charge in [-0.1, -0.05) is 18.2 Å². The lowest BCUT2D eigenvalue weighted by Crippen LogP contribution is -2.50. The number of anilines is 1. The van der Waals surface area contributed by atoms with E-state index in [0.717, 1.165) is 12.8 Å². The lowest BCUT2D eigenvalue weighted by atomic mass is 10.00. The number of ether oxygens (including phenoxy) is 1. The molecule has 188 valence electrons. The van der Waals surface area contributed by atoms with Gasteiger partial charge in [0.15, 0.2) is 0 Å². The van der Waals surface area contributed by atoms with E-state index in [1.807, 2.05) is 20.8 Å². The molecule has 0 bridgehead atoms. The molecule has 0 spiro atoms. The SMILES string of the molecule is CC(C)(C)NC(=O)[C@@H](c1ccc(F)cc1)N(C[C@H]1CCCO1)C(=O)CCC(=O)Nc1ccccn1. The predicted octanol–water partition coefficient (Wildman–Crippen LogP) is 3.60. The molecule has 0 saturated carbocycles. The summed E-state index contributed by atoms with van der Waals surface area (Å²) in [5.41, 5.74) is -0.0614. The van der Waals surface area contributed by atoms with Crippen LogP contribution in [0.3, 0.4) is 0 Å². The number of hydrogen-bond donors (Lipinski definition) is 2. The Morgan fingerprint density at radius 1 is 1.14 bits per heavy atom. The van der Waals surface area contributed by atoms with Crippen LogP contribution in [0.4, 0.5) is 10.2 Å². The first-order valence-corrected chi connectivity index (χ1v) is 11.8. The maximum absolute atomic E-state index is 13.6. The molecule has 1 aromatic carbocycles. The summed E-state index contributed by atoms with van der Waals surface area (Å²) in [7, 11) is 0. The number of carbonyl (C=O) groups excluding carboxylic acids is 3. The number of halogens is 1. The summed E-state index contributed by atoms with van der Waals surface area (Å²) in [4.78, 5) is 44.8. The third kappa shape index (κ3) is 8.13. The first-order valence-electron chi connectivity index (χ1n) is 11.8. The van der Waals surface area contributed by atoms with Crippen LogP contribution >= 0.6 is 0 Å². The molecule has 1 aromatic heterocycles. The summed E-state index contributed by atoms with van der Waals surface area (Å²) in [6, 6.07) is 9.69. The van der Waals surface area contributed by atoms with E-state index in [0.29, 0.717) is 18.0 Å². The quantitative estimate of drug-likeness (QED) is 0.566. The van der Waals surface area contributed by atoms with Crippen molar-refractivity contribution < 1.29 is 23.5 Å². The van der Waals surface area contributed by atoms with Crippen LogP contribution in [0, 0.1) is 5.82 Å². The first kappa shape index (κ1) is 26.3.